The first-order valence-electron chi connectivity index (χ1n) is 16.9. The number of fused-ring (bicyclic) bond motifs is 2. The number of rotatable bonds is 5. The Bertz CT molecular complexity index is 1980. The number of anilines is 1. The van der Waals surface area contributed by atoms with Gasteiger partial charge in [0.25, 0.3) is 5.91 Å². The molecule has 11 nitrogen and oxygen atoms in total. The van der Waals surface area contributed by atoms with Crippen LogP contribution in [-0.2, 0) is 30.5 Å². The Morgan fingerprint density at radius 2 is 1.48 bits per heavy atom. The van der Waals surface area contributed by atoms with Crippen LogP contribution in [0.2, 0.25) is 0 Å². The summed E-state index contributed by atoms with van der Waals surface area (Å²) in [7, 11) is 8.62. The fourth-order valence-electron chi connectivity index (χ4n) is 8.06. The maximum Gasteiger partial charge on any atom is 0.267 e. The minimum atomic E-state index is -0.667. The molecule has 4 aromatic rings. The van der Waals surface area contributed by atoms with Crippen LogP contribution in [0.5, 0.6) is 46.0 Å². The highest BCUT2D eigenvalue weighted by Crippen LogP contribution is 2.54. The van der Waals surface area contributed by atoms with Gasteiger partial charge in [0.1, 0.15) is 12.4 Å². The van der Waals surface area contributed by atoms with Gasteiger partial charge in [0, 0.05) is 30.8 Å². The van der Waals surface area contributed by atoms with E-state index in [2.05, 4.69) is 36.2 Å². The Balaban J connectivity index is 1.40. The van der Waals surface area contributed by atoms with Crippen molar-refractivity contribution in [1.82, 2.24) is 9.91 Å². The molecular formula is C39H41N3O8. The maximum absolute atomic E-state index is 13.6. The van der Waals surface area contributed by atoms with Gasteiger partial charge in [0.2, 0.25) is 5.75 Å². The average molecular weight is 680 g/mol. The number of methoxy groups -OCH3 is 4. The minimum absolute atomic E-state index is 0.0980. The Morgan fingerprint density at radius 3 is 2.20 bits per heavy atom. The number of likely N-dealkylation sites (N-methyl/N-ethyl adjacent to an activating group) is 1. The average Bonchev–Trinajstić information content (AvgIpc) is 3.14. The molecule has 5 heterocycles. The molecule has 0 radical (unpaired) electrons. The highest BCUT2D eigenvalue weighted by atomic mass is 16.5. The fourth-order valence-corrected chi connectivity index (χ4v) is 8.06. The summed E-state index contributed by atoms with van der Waals surface area (Å²) in [4.78, 5) is 16.0. The van der Waals surface area contributed by atoms with Gasteiger partial charge in [-0.15, -0.1) is 0 Å². The number of nitrogens with zero attached hydrogens (tertiary/aromatic N) is 3. The molecule has 1 amide bonds. The van der Waals surface area contributed by atoms with E-state index in [0.717, 1.165) is 36.1 Å². The number of benzene rings is 4. The van der Waals surface area contributed by atoms with Gasteiger partial charge in [0.15, 0.2) is 34.5 Å². The molecule has 1 N–H and O–H groups in total. The number of amides is 1. The smallest absolute Gasteiger partial charge is 0.267 e. The third kappa shape index (κ3) is 5.19. The lowest BCUT2D eigenvalue weighted by atomic mass is 9.85. The molecule has 9 rings (SSSR count). The molecule has 0 aliphatic carbocycles. The highest BCUT2D eigenvalue weighted by molar-refractivity contribution is 5.95. The summed E-state index contributed by atoms with van der Waals surface area (Å²) in [6.45, 7) is 0.763. The van der Waals surface area contributed by atoms with Gasteiger partial charge in [0.05, 0.1) is 40.2 Å². The van der Waals surface area contributed by atoms with Gasteiger partial charge in [-0.25, -0.2) is 10.0 Å². The molecule has 2 atom stereocenters. The van der Waals surface area contributed by atoms with Crippen molar-refractivity contribution < 1.29 is 38.3 Å². The number of aliphatic hydroxyl groups is 1. The Labute approximate surface area is 291 Å². The first-order valence-corrected chi connectivity index (χ1v) is 16.9. The molecule has 5 aliphatic rings. The molecule has 0 spiro atoms. The van der Waals surface area contributed by atoms with Gasteiger partial charge in [-0.1, -0.05) is 12.1 Å². The van der Waals surface area contributed by atoms with Crippen molar-refractivity contribution >= 4 is 11.6 Å². The first-order chi connectivity index (χ1) is 24.3. The van der Waals surface area contributed by atoms with Crippen LogP contribution in [0.1, 0.15) is 45.5 Å². The van der Waals surface area contributed by atoms with Crippen molar-refractivity contribution in [2.45, 2.75) is 37.8 Å². The monoisotopic (exact) mass is 679 g/mol. The number of carbonyl (C=O) groups is 1. The maximum atomic E-state index is 13.6. The summed E-state index contributed by atoms with van der Waals surface area (Å²) in [6, 6.07) is 17.9. The molecule has 0 fully saturated rings. The zero-order valence-electron chi connectivity index (χ0n) is 28.9. The zero-order valence-corrected chi connectivity index (χ0v) is 28.9. The minimum Gasteiger partial charge on any atom is -0.493 e. The normalized spacial score (nSPS) is 19.2. The van der Waals surface area contributed by atoms with Crippen LogP contribution in [0, 0.1) is 0 Å². The van der Waals surface area contributed by atoms with Crippen LogP contribution in [-0.4, -0.2) is 76.1 Å². The van der Waals surface area contributed by atoms with Crippen molar-refractivity contribution in [1.29, 1.82) is 0 Å². The van der Waals surface area contributed by atoms with E-state index in [1.165, 1.54) is 16.7 Å². The van der Waals surface area contributed by atoms with E-state index in [1.807, 2.05) is 35.3 Å². The quantitative estimate of drug-likeness (QED) is 0.279. The lowest BCUT2D eigenvalue weighted by molar-refractivity contribution is -0.125. The lowest BCUT2D eigenvalue weighted by Crippen LogP contribution is -2.55. The largest absolute Gasteiger partial charge is 0.493 e. The third-order valence-corrected chi connectivity index (χ3v) is 10.5. The van der Waals surface area contributed by atoms with Crippen molar-refractivity contribution in [3.8, 4) is 46.0 Å². The van der Waals surface area contributed by atoms with Crippen LogP contribution < -0.4 is 33.4 Å². The van der Waals surface area contributed by atoms with Crippen LogP contribution >= 0.6 is 0 Å². The number of ether oxygens (including phenoxy) is 6. The molecule has 7 bridgehead atoms. The van der Waals surface area contributed by atoms with Gasteiger partial charge in [-0.2, -0.15) is 0 Å². The van der Waals surface area contributed by atoms with Crippen LogP contribution in [0.3, 0.4) is 0 Å². The number of hydrazine groups is 1. The number of hydrogen-bond acceptors (Lipinski definition) is 10. The Hall–Kier alpha value is -4.97. The zero-order chi connectivity index (χ0) is 34.7. The first kappa shape index (κ1) is 32.2. The van der Waals surface area contributed by atoms with Gasteiger partial charge in [-0.3, -0.25) is 9.69 Å². The topological polar surface area (TPSA) is 102 Å². The predicted molar refractivity (Wildman–Crippen MR) is 186 cm³/mol. The molecule has 11 heteroatoms. The van der Waals surface area contributed by atoms with Gasteiger partial charge in [-0.05, 0) is 96.9 Å². The van der Waals surface area contributed by atoms with Gasteiger partial charge < -0.3 is 33.5 Å². The number of hydrogen-bond donors (Lipinski definition) is 1. The highest BCUT2D eigenvalue weighted by Gasteiger charge is 2.43. The van der Waals surface area contributed by atoms with E-state index >= 15 is 0 Å². The summed E-state index contributed by atoms with van der Waals surface area (Å²) in [5, 5.41) is 13.8. The molecule has 5 aliphatic heterocycles. The summed E-state index contributed by atoms with van der Waals surface area (Å²) >= 11 is 0. The molecule has 4 aromatic carbocycles. The molecule has 0 saturated heterocycles. The van der Waals surface area contributed by atoms with E-state index in [0.29, 0.717) is 71.1 Å². The fraction of sp³-hybridized carbons (Fsp3) is 0.359. The SMILES string of the molecule is COc1cc2c3cc1Oc1ccc(cc1)C[C@H]1c4cc(c(OC)cc4CCN1C)Oc1c(OC)c(OC)cc4c1[C@H](C3)N(CC4)N2C(=O)CO. The summed E-state index contributed by atoms with van der Waals surface area (Å²) < 4.78 is 37.2. The molecule has 0 unspecified atom stereocenters. The van der Waals surface area contributed by atoms with Crippen molar-refractivity contribution in [3.63, 3.8) is 0 Å². The lowest BCUT2D eigenvalue weighted by Gasteiger charge is -2.48. The van der Waals surface area contributed by atoms with Crippen molar-refractivity contribution in [2.24, 2.45) is 0 Å². The number of carbonyl (C=O) groups excluding carboxylic acids is 1. The van der Waals surface area contributed by atoms with E-state index in [-0.39, 0.29) is 12.1 Å². The van der Waals surface area contributed by atoms with E-state index < -0.39 is 12.5 Å². The second kappa shape index (κ2) is 12.7. The Kier molecular flexibility index (Phi) is 8.21. The van der Waals surface area contributed by atoms with E-state index in [4.69, 9.17) is 28.4 Å². The molecule has 260 valence electrons. The third-order valence-electron chi connectivity index (χ3n) is 10.5. The predicted octanol–water partition coefficient (Wildman–Crippen LogP) is 5.79. The molecule has 50 heavy (non-hydrogen) atoms. The van der Waals surface area contributed by atoms with Gasteiger partial charge >= 0.3 is 0 Å². The molecule has 0 saturated carbocycles. The van der Waals surface area contributed by atoms with E-state index in [1.54, 1.807) is 33.4 Å². The summed E-state index contributed by atoms with van der Waals surface area (Å²) in [6.07, 6.45) is 2.78. The van der Waals surface area contributed by atoms with Crippen molar-refractivity contribution in [3.05, 3.63) is 88.0 Å². The molecular weight excluding hydrogens is 638 g/mol. The molecule has 0 aromatic heterocycles. The van der Waals surface area contributed by atoms with E-state index in [9.17, 15) is 9.90 Å². The Morgan fingerprint density at radius 1 is 0.780 bits per heavy atom. The standard InChI is InChI=1S/C39H41N3O8/c1-40-12-10-23-16-31(45-2)34-19-27(23)29(40)14-22-6-8-26(9-7-22)49-33-18-25-15-30-37-24(17-35(47-4)38(48-5)39(37)50-34)11-13-41(30)42(36(44)21-43)28(25)20-32(33)46-3/h6-9,16-20,29-30,43H,10-15,21H2,1-5H3/t29-,30-/m0/s1. The summed E-state index contributed by atoms with van der Waals surface area (Å²) in [5.74, 6) is 3.90. The number of aliphatic hydroxyl groups excluding tert-OH is 1. The second-order valence-electron chi connectivity index (χ2n) is 13.1. The second-order valence-corrected chi connectivity index (χ2v) is 13.1. The van der Waals surface area contributed by atoms with Crippen LogP contribution in [0.4, 0.5) is 5.69 Å². The van der Waals surface area contributed by atoms with Crippen molar-refractivity contribution in [2.75, 3.05) is 60.2 Å². The van der Waals surface area contributed by atoms with Crippen LogP contribution in [0.25, 0.3) is 0 Å². The summed E-state index contributed by atoms with van der Waals surface area (Å²) in [5.41, 5.74) is 6.95. The van der Waals surface area contributed by atoms with Crippen LogP contribution in [0.15, 0.2) is 54.6 Å².